The molecule has 0 aromatic carbocycles. The first-order valence-electron chi connectivity index (χ1n) is 5.64. The first kappa shape index (κ1) is 13.7. The van der Waals surface area contributed by atoms with E-state index in [4.69, 9.17) is 5.11 Å². The average Bonchev–Trinajstić information content (AvgIpc) is 2.52. The van der Waals surface area contributed by atoms with Crippen LogP contribution in [0.4, 0.5) is 0 Å². The summed E-state index contributed by atoms with van der Waals surface area (Å²) in [6, 6.07) is 0.317. The van der Waals surface area contributed by atoms with Crippen LogP contribution in [0.5, 0.6) is 0 Å². The first-order chi connectivity index (χ1) is 7.60. The maximum atomic E-state index is 8.82. The molecule has 0 aliphatic heterocycles. The van der Waals surface area contributed by atoms with E-state index >= 15 is 0 Å². The minimum Gasteiger partial charge on any atom is -0.396 e. The maximum Gasteiger partial charge on any atom is 0.0767 e. The second kappa shape index (κ2) is 6.37. The molecule has 0 saturated carbocycles. The Morgan fingerprint density at radius 1 is 1.56 bits per heavy atom. The minimum atomic E-state index is 0.223. The van der Waals surface area contributed by atoms with Crippen molar-refractivity contribution in [2.75, 3.05) is 6.61 Å². The third-order valence-corrected chi connectivity index (χ3v) is 3.60. The summed E-state index contributed by atoms with van der Waals surface area (Å²) in [5.41, 5.74) is 2.25. The molecule has 0 aliphatic carbocycles. The minimum absolute atomic E-state index is 0.223. The molecule has 92 valence electrons. The molecule has 1 unspecified atom stereocenters. The topological polar surface area (TPSA) is 50.1 Å². The van der Waals surface area contributed by atoms with Crippen LogP contribution in [-0.4, -0.2) is 27.5 Å². The van der Waals surface area contributed by atoms with Crippen molar-refractivity contribution in [1.29, 1.82) is 0 Å². The number of nitrogens with one attached hydrogen (secondary N) is 1. The third kappa shape index (κ3) is 3.30. The predicted molar refractivity (Wildman–Crippen MR) is 68.3 cm³/mol. The summed E-state index contributed by atoms with van der Waals surface area (Å²) in [4.78, 5) is 0. The highest BCUT2D eigenvalue weighted by molar-refractivity contribution is 9.10. The fourth-order valence-electron chi connectivity index (χ4n) is 1.58. The van der Waals surface area contributed by atoms with Crippen LogP contribution in [0.3, 0.4) is 0 Å². The van der Waals surface area contributed by atoms with Gasteiger partial charge in [-0.15, -0.1) is 0 Å². The van der Waals surface area contributed by atoms with Gasteiger partial charge in [-0.1, -0.05) is 6.92 Å². The van der Waals surface area contributed by atoms with Crippen molar-refractivity contribution in [3.63, 3.8) is 0 Å². The highest BCUT2D eigenvalue weighted by atomic mass is 79.9. The zero-order chi connectivity index (χ0) is 12.1. The van der Waals surface area contributed by atoms with Crippen molar-refractivity contribution < 1.29 is 5.11 Å². The third-order valence-electron chi connectivity index (χ3n) is 2.68. The van der Waals surface area contributed by atoms with E-state index in [1.165, 1.54) is 0 Å². The lowest BCUT2D eigenvalue weighted by atomic mass is 10.2. The number of aliphatic hydroxyl groups excluding tert-OH is 1. The van der Waals surface area contributed by atoms with E-state index in [0.29, 0.717) is 6.04 Å². The molecule has 0 saturated heterocycles. The van der Waals surface area contributed by atoms with E-state index in [0.717, 1.165) is 35.2 Å². The van der Waals surface area contributed by atoms with Crippen LogP contribution in [-0.2, 0) is 20.0 Å². The summed E-state index contributed by atoms with van der Waals surface area (Å²) >= 11 is 3.58. The number of aromatic nitrogens is 2. The molecule has 2 N–H and O–H groups in total. The molecule has 1 heterocycles. The Balaban J connectivity index is 2.63. The molecule has 0 aliphatic rings. The number of nitrogens with zero attached hydrogens (tertiary/aromatic N) is 2. The number of aryl methyl sites for hydroxylation is 2. The Labute approximate surface area is 105 Å². The van der Waals surface area contributed by atoms with Crippen LogP contribution < -0.4 is 5.32 Å². The predicted octanol–water partition coefficient (Wildman–Crippen LogP) is 1.61. The van der Waals surface area contributed by atoms with Crippen molar-refractivity contribution in [1.82, 2.24) is 15.1 Å². The van der Waals surface area contributed by atoms with Gasteiger partial charge in [0.25, 0.3) is 0 Å². The quantitative estimate of drug-likeness (QED) is 0.837. The maximum absolute atomic E-state index is 8.82. The number of hydrogen-bond donors (Lipinski definition) is 2. The fraction of sp³-hybridized carbons (Fsp3) is 0.727. The molecule has 1 aromatic rings. The Bertz CT molecular complexity index is 338. The van der Waals surface area contributed by atoms with Gasteiger partial charge in [0.2, 0.25) is 0 Å². The van der Waals surface area contributed by atoms with E-state index in [9.17, 15) is 0 Å². The van der Waals surface area contributed by atoms with E-state index < -0.39 is 0 Å². The average molecular weight is 290 g/mol. The van der Waals surface area contributed by atoms with E-state index in [1.807, 2.05) is 11.7 Å². The van der Waals surface area contributed by atoms with E-state index in [1.54, 1.807) is 0 Å². The van der Waals surface area contributed by atoms with Crippen LogP contribution in [0.2, 0.25) is 0 Å². The monoisotopic (exact) mass is 289 g/mol. The lowest BCUT2D eigenvalue weighted by Crippen LogP contribution is -2.27. The molecular formula is C11H20BrN3O. The number of aliphatic hydroxyl groups is 1. The summed E-state index contributed by atoms with van der Waals surface area (Å²) in [6.07, 6.45) is 1.71. The lowest BCUT2D eigenvalue weighted by molar-refractivity contribution is 0.268. The SMILES string of the molecule is CCc1nn(C)c(CNC(C)CCO)c1Br. The Morgan fingerprint density at radius 3 is 2.75 bits per heavy atom. The summed E-state index contributed by atoms with van der Waals surface area (Å²) in [7, 11) is 1.96. The molecular weight excluding hydrogens is 270 g/mol. The van der Waals surface area contributed by atoms with E-state index in [2.05, 4.69) is 40.2 Å². The normalized spacial score (nSPS) is 13.1. The highest BCUT2D eigenvalue weighted by Gasteiger charge is 2.12. The molecule has 16 heavy (non-hydrogen) atoms. The van der Waals surface area contributed by atoms with Crippen LogP contribution in [0.15, 0.2) is 4.47 Å². The van der Waals surface area contributed by atoms with Crippen molar-refractivity contribution in [3.8, 4) is 0 Å². The first-order valence-corrected chi connectivity index (χ1v) is 6.43. The summed E-state index contributed by atoms with van der Waals surface area (Å²) in [5, 5.41) is 16.6. The summed E-state index contributed by atoms with van der Waals surface area (Å²) in [6.45, 7) is 5.16. The molecule has 5 heteroatoms. The standard InChI is InChI=1S/C11H20BrN3O/c1-4-9-11(12)10(15(3)14-9)7-13-8(2)5-6-16/h8,13,16H,4-7H2,1-3H3. The lowest BCUT2D eigenvalue weighted by Gasteiger charge is -2.12. The van der Waals surface area contributed by atoms with Gasteiger partial charge in [0.05, 0.1) is 15.9 Å². The van der Waals surface area contributed by atoms with Crippen molar-refractivity contribution in [2.24, 2.45) is 7.05 Å². The van der Waals surface area contributed by atoms with Crippen LogP contribution in [0, 0.1) is 0 Å². The van der Waals surface area contributed by atoms with Gasteiger partial charge >= 0.3 is 0 Å². The molecule has 0 radical (unpaired) electrons. The number of rotatable bonds is 6. The van der Waals surface area contributed by atoms with Gasteiger partial charge in [0.15, 0.2) is 0 Å². The second-order valence-electron chi connectivity index (χ2n) is 3.98. The van der Waals surface area contributed by atoms with Gasteiger partial charge in [-0.3, -0.25) is 4.68 Å². The zero-order valence-electron chi connectivity index (χ0n) is 10.1. The Kier molecular flexibility index (Phi) is 5.44. The molecule has 0 bridgehead atoms. The molecule has 0 fully saturated rings. The van der Waals surface area contributed by atoms with Gasteiger partial charge in [-0.25, -0.2) is 0 Å². The van der Waals surface area contributed by atoms with Crippen LogP contribution in [0.1, 0.15) is 31.7 Å². The van der Waals surface area contributed by atoms with Crippen LogP contribution in [0.25, 0.3) is 0 Å². The smallest absolute Gasteiger partial charge is 0.0767 e. The molecule has 0 spiro atoms. The summed E-state index contributed by atoms with van der Waals surface area (Å²) in [5.74, 6) is 0. The number of halogens is 1. The van der Waals surface area contributed by atoms with Gasteiger partial charge < -0.3 is 10.4 Å². The summed E-state index contributed by atoms with van der Waals surface area (Å²) < 4.78 is 3.00. The van der Waals surface area contributed by atoms with Gasteiger partial charge in [-0.2, -0.15) is 5.10 Å². The largest absolute Gasteiger partial charge is 0.396 e. The Hall–Kier alpha value is -0.390. The highest BCUT2D eigenvalue weighted by Crippen LogP contribution is 2.21. The molecule has 4 nitrogen and oxygen atoms in total. The molecule has 1 aromatic heterocycles. The fourth-order valence-corrected chi connectivity index (χ4v) is 2.33. The van der Waals surface area contributed by atoms with Gasteiger partial charge in [-0.05, 0) is 35.7 Å². The second-order valence-corrected chi connectivity index (χ2v) is 4.77. The van der Waals surface area contributed by atoms with Crippen LogP contribution >= 0.6 is 15.9 Å². The molecule has 1 rings (SSSR count). The molecule has 0 amide bonds. The molecule has 1 atom stereocenters. The Morgan fingerprint density at radius 2 is 2.25 bits per heavy atom. The zero-order valence-corrected chi connectivity index (χ0v) is 11.7. The van der Waals surface area contributed by atoms with Crippen molar-refractivity contribution >= 4 is 15.9 Å². The van der Waals surface area contributed by atoms with E-state index in [-0.39, 0.29) is 6.61 Å². The van der Waals surface area contributed by atoms with Gasteiger partial charge in [0, 0.05) is 26.2 Å². The number of hydrogen-bond acceptors (Lipinski definition) is 3. The van der Waals surface area contributed by atoms with Gasteiger partial charge in [0.1, 0.15) is 0 Å². The van der Waals surface area contributed by atoms with Crippen molar-refractivity contribution in [2.45, 2.75) is 39.3 Å². The van der Waals surface area contributed by atoms with Crippen molar-refractivity contribution in [3.05, 3.63) is 15.9 Å².